The van der Waals surface area contributed by atoms with Crippen molar-refractivity contribution in [2.45, 2.75) is 18.7 Å². The molecule has 0 aromatic heterocycles. The van der Waals surface area contributed by atoms with Crippen LogP contribution in [0.4, 0.5) is 5.69 Å². The van der Waals surface area contributed by atoms with E-state index in [4.69, 9.17) is 26.2 Å². The maximum Gasteiger partial charge on any atom is 0.213 e. The first-order valence-corrected chi connectivity index (χ1v) is 10.6. The third-order valence-electron chi connectivity index (χ3n) is 5.87. The highest BCUT2D eigenvalue weighted by atomic mass is 35.5. The lowest BCUT2D eigenvalue weighted by atomic mass is 9.96. The molecule has 2 heterocycles. The van der Waals surface area contributed by atoms with E-state index in [2.05, 4.69) is 46.3 Å². The minimum atomic E-state index is -0.300. The Labute approximate surface area is 187 Å². The van der Waals surface area contributed by atoms with E-state index in [-0.39, 0.29) is 12.3 Å². The Kier molecular flexibility index (Phi) is 4.98. The van der Waals surface area contributed by atoms with Crippen LogP contribution in [-0.4, -0.2) is 31.9 Å². The smallest absolute Gasteiger partial charge is 0.213 e. The van der Waals surface area contributed by atoms with Crippen molar-refractivity contribution in [2.24, 2.45) is 5.10 Å². The third-order valence-corrected chi connectivity index (χ3v) is 6.10. The van der Waals surface area contributed by atoms with Crippen LogP contribution in [0, 0.1) is 0 Å². The molecule has 6 heteroatoms. The van der Waals surface area contributed by atoms with Crippen LogP contribution in [0.25, 0.3) is 0 Å². The van der Waals surface area contributed by atoms with Crippen LogP contribution in [0.2, 0.25) is 5.02 Å². The molecule has 158 valence electrons. The molecule has 0 aliphatic carbocycles. The van der Waals surface area contributed by atoms with Crippen LogP contribution in [0.1, 0.15) is 35.4 Å². The molecule has 2 aliphatic rings. The zero-order valence-electron chi connectivity index (χ0n) is 17.7. The molecule has 0 radical (unpaired) electrons. The zero-order chi connectivity index (χ0) is 21.5. The summed E-state index contributed by atoms with van der Waals surface area (Å²) < 4.78 is 11.7. The number of ether oxygens (including phenoxy) is 2. The summed E-state index contributed by atoms with van der Waals surface area (Å²) in [5, 5.41) is 7.79. The number of hydrogen-bond acceptors (Lipinski definition) is 5. The summed E-state index contributed by atoms with van der Waals surface area (Å²) >= 11 is 6.32. The van der Waals surface area contributed by atoms with Crippen molar-refractivity contribution in [1.82, 2.24) is 5.01 Å². The van der Waals surface area contributed by atoms with Crippen molar-refractivity contribution in [3.05, 3.63) is 88.4 Å². The first-order valence-electron chi connectivity index (χ1n) is 10.3. The van der Waals surface area contributed by atoms with Gasteiger partial charge in [0.2, 0.25) is 6.23 Å². The van der Waals surface area contributed by atoms with Gasteiger partial charge in [0.05, 0.1) is 18.9 Å². The Morgan fingerprint density at radius 2 is 1.77 bits per heavy atom. The van der Waals surface area contributed by atoms with Gasteiger partial charge in [0.15, 0.2) is 0 Å². The van der Waals surface area contributed by atoms with E-state index in [1.165, 1.54) is 0 Å². The molecule has 0 saturated carbocycles. The monoisotopic (exact) mass is 433 g/mol. The van der Waals surface area contributed by atoms with Gasteiger partial charge in [-0.25, -0.2) is 5.01 Å². The molecule has 0 spiro atoms. The fraction of sp³-hybridized carbons (Fsp3) is 0.240. The quantitative estimate of drug-likeness (QED) is 0.532. The Balaban J connectivity index is 1.55. The lowest BCUT2D eigenvalue weighted by molar-refractivity contribution is -0.0190. The summed E-state index contributed by atoms with van der Waals surface area (Å²) in [5.74, 6) is 1.69. The predicted octanol–water partition coefficient (Wildman–Crippen LogP) is 5.66. The molecule has 3 aromatic carbocycles. The standard InChI is InChI=1S/C25H24ClN3O2/c1-28(2)19-9-4-17(5-10-19)25-29-23(21-14-18(26)8-13-24(21)31-25)15-22(27-29)16-6-11-20(30-3)12-7-16/h4-14,23,25H,15H2,1-3H3/t23-,25-/m1/s1. The highest BCUT2D eigenvalue weighted by molar-refractivity contribution is 6.30. The van der Waals surface area contributed by atoms with E-state index in [0.717, 1.165) is 46.0 Å². The van der Waals surface area contributed by atoms with E-state index < -0.39 is 0 Å². The van der Waals surface area contributed by atoms with E-state index >= 15 is 0 Å². The fourth-order valence-electron chi connectivity index (χ4n) is 4.17. The number of benzene rings is 3. The van der Waals surface area contributed by atoms with Gasteiger partial charge >= 0.3 is 0 Å². The summed E-state index contributed by atoms with van der Waals surface area (Å²) in [6.45, 7) is 0. The molecule has 0 unspecified atom stereocenters. The lowest BCUT2D eigenvalue weighted by Gasteiger charge is -2.38. The molecule has 0 bridgehead atoms. The number of methoxy groups -OCH3 is 1. The van der Waals surface area contributed by atoms with Crippen LogP contribution in [0.15, 0.2) is 71.8 Å². The van der Waals surface area contributed by atoms with E-state index in [0.29, 0.717) is 5.02 Å². The molecular formula is C25H24ClN3O2. The first kappa shape index (κ1) is 19.8. The Morgan fingerprint density at radius 3 is 2.45 bits per heavy atom. The minimum absolute atomic E-state index is 0.0677. The topological polar surface area (TPSA) is 37.3 Å². The number of halogens is 1. The second kappa shape index (κ2) is 7.82. The number of rotatable bonds is 4. The predicted molar refractivity (Wildman–Crippen MR) is 124 cm³/mol. The van der Waals surface area contributed by atoms with Crippen LogP contribution in [0.3, 0.4) is 0 Å². The summed E-state index contributed by atoms with van der Waals surface area (Å²) in [6, 6.07) is 22.4. The van der Waals surface area contributed by atoms with Crippen molar-refractivity contribution >= 4 is 23.0 Å². The van der Waals surface area contributed by atoms with Gasteiger partial charge in [0.25, 0.3) is 0 Å². The summed E-state index contributed by atoms with van der Waals surface area (Å²) in [7, 11) is 5.74. The second-order valence-electron chi connectivity index (χ2n) is 8.01. The molecule has 31 heavy (non-hydrogen) atoms. The fourth-order valence-corrected chi connectivity index (χ4v) is 4.35. The molecular weight excluding hydrogens is 410 g/mol. The number of fused-ring (bicyclic) bond motifs is 3. The normalized spacial score (nSPS) is 19.2. The average molecular weight is 434 g/mol. The van der Waals surface area contributed by atoms with Crippen LogP contribution >= 0.6 is 11.6 Å². The molecule has 0 saturated heterocycles. The Hall–Kier alpha value is -3.18. The maximum absolute atomic E-state index is 6.43. The maximum atomic E-state index is 6.43. The minimum Gasteiger partial charge on any atom is -0.497 e. The van der Waals surface area contributed by atoms with Gasteiger partial charge in [-0.3, -0.25) is 0 Å². The second-order valence-corrected chi connectivity index (χ2v) is 8.45. The van der Waals surface area contributed by atoms with Gasteiger partial charge < -0.3 is 14.4 Å². The highest BCUT2D eigenvalue weighted by Gasteiger charge is 2.41. The van der Waals surface area contributed by atoms with Gasteiger partial charge in [0.1, 0.15) is 11.5 Å². The van der Waals surface area contributed by atoms with Crippen molar-refractivity contribution in [3.8, 4) is 11.5 Å². The van der Waals surface area contributed by atoms with Crippen LogP contribution < -0.4 is 14.4 Å². The lowest BCUT2D eigenvalue weighted by Crippen LogP contribution is -2.33. The van der Waals surface area contributed by atoms with Gasteiger partial charge in [-0.2, -0.15) is 5.10 Å². The molecule has 3 aromatic rings. The Morgan fingerprint density at radius 1 is 1.03 bits per heavy atom. The SMILES string of the molecule is COc1ccc(C2=NN3[C@H](C2)c2cc(Cl)ccc2O[C@@H]3c2ccc(N(C)C)cc2)cc1. The molecule has 2 atom stereocenters. The van der Waals surface area contributed by atoms with Crippen molar-refractivity contribution < 1.29 is 9.47 Å². The van der Waals surface area contributed by atoms with E-state index in [1.807, 2.05) is 44.4 Å². The van der Waals surface area contributed by atoms with Crippen LogP contribution in [-0.2, 0) is 0 Å². The summed E-state index contributed by atoms with van der Waals surface area (Å²) in [6.07, 6.45) is 0.487. The first-order chi connectivity index (χ1) is 15.0. The van der Waals surface area contributed by atoms with Gasteiger partial charge in [0, 0.05) is 42.4 Å². The zero-order valence-corrected chi connectivity index (χ0v) is 18.5. The van der Waals surface area contributed by atoms with Gasteiger partial charge in [-0.15, -0.1) is 0 Å². The summed E-state index contributed by atoms with van der Waals surface area (Å²) in [5.41, 5.74) is 5.39. The molecule has 5 rings (SSSR count). The molecule has 2 aliphatic heterocycles. The molecule has 5 nitrogen and oxygen atoms in total. The van der Waals surface area contributed by atoms with Gasteiger partial charge in [-0.1, -0.05) is 23.7 Å². The number of anilines is 1. The van der Waals surface area contributed by atoms with Crippen LogP contribution in [0.5, 0.6) is 11.5 Å². The average Bonchev–Trinajstić information content (AvgIpc) is 3.24. The third kappa shape index (κ3) is 3.59. The van der Waals surface area contributed by atoms with Gasteiger partial charge in [-0.05, 0) is 60.2 Å². The molecule has 0 amide bonds. The highest BCUT2D eigenvalue weighted by Crippen LogP contribution is 2.48. The number of nitrogens with zero attached hydrogens (tertiary/aromatic N) is 3. The van der Waals surface area contributed by atoms with E-state index in [1.54, 1.807) is 7.11 Å². The number of hydrogen-bond donors (Lipinski definition) is 0. The van der Waals surface area contributed by atoms with Crippen molar-refractivity contribution in [2.75, 3.05) is 26.1 Å². The number of hydrazone groups is 1. The molecule has 0 fully saturated rings. The van der Waals surface area contributed by atoms with E-state index in [9.17, 15) is 0 Å². The largest absolute Gasteiger partial charge is 0.497 e. The summed E-state index contributed by atoms with van der Waals surface area (Å²) in [4.78, 5) is 2.08. The van der Waals surface area contributed by atoms with Crippen molar-refractivity contribution in [1.29, 1.82) is 0 Å². The molecule has 0 N–H and O–H groups in total. The van der Waals surface area contributed by atoms with Crippen molar-refractivity contribution in [3.63, 3.8) is 0 Å². The Bertz CT molecular complexity index is 1130.